The molecule has 0 spiro atoms. The fourth-order valence-electron chi connectivity index (χ4n) is 4.48. The minimum Gasteiger partial charge on any atom is -0.389 e. The number of morpholine rings is 1. The summed E-state index contributed by atoms with van der Waals surface area (Å²) in [5, 5.41) is 11.1. The van der Waals surface area contributed by atoms with Crippen LogP contribution in [0.15, 0.2) is 30.3 Å². The van der Waals surface area contributed by atoms with E-state index in [-0.39, 0.29) is 5.91 Å². The maximum absolute atomic E-state index is 12.4. The van der Waals surface area contributed by atoms with Gasteiger partial charge in [0.15, 0.2) is 5.60 Å². The topological polar surface area (TPSA) is 53.0 Å². The highest BCUT2D eigenvalue weighted by Crippen LogP contribution is 2.38. The predicted octanol–water partition coefficient (Wildman–Crippen LogP) is 2.25. The minimum atomic E-state index is -0.820. The highest BCUT2D eigenvalue weighted by atomic mass is 16.5. The van der Waals surface area contributed by atoms with E-state index in [0.717, 1.165) is 32.2 Å². The number of hydrogen-bond acceptors (Lipinski definition) is 4. The fraction of sp³-hybridized carbons (Fsp3) is 0.667. The molecular weight excluding hydrogens is 328 g/mol. The van der Waals surface area contributed by atoms with Crippen LogP contribution in [-0.2, 0) is 9.53 Å². The first-order valence-electron chi connectivity index (χ1n) is 9.67. The molecule has 1 heterocycles. The average molecular weight is 360 g/mol. The molecular formula is C21H32N2O3. The van der Waals surface area contributed by atoms with E-state index in [4.69, 9.17) is 4.74 Å². The van der Waals surface area contributed by atoms with Crippen LogP contribution in [0.3, 0.4) is 0 Å². The maximum atomic E-state index is 12.4. The number of β-amino-alcohol motifs (C(OH)–C–C–N with tert-alkyl or cyclic N) is 1. The lowest BCUT2D eigenvalue weighted by Crippen LogP contribution is -2.60. The molecule has 0 radical (unpaired) electrons. The SMILES string of the molecule is CN(C)C(=O)C1(C)CN(CC2(O)CCC(c3ccccc3)CC2)CCO1. The van der Waals surface area contributed by atoms with Crippen molar-refractivity contribution in [1.82, 2.24) is 9.80 Å². The molecule has 2 fully saturated rings. The lowest BCUT2D eigenvalue weighted by molar-refractivity contribution is -0.168. The molecule has 5 heteroatoms. The Balaban J connectivity index is 1.58. The number of amides is 1. The average Bonchev–Trinajstić information content (AvgIpc) is 2.62. The second-order valence-electron chi connectivity index (χ2n) is 8.40. The van der Waals surface area contributed by atoms with Gasteiger partial charge in [0.05, 0.1) is 12.2 Å². The van der Waals surface area contributed by atoms with Gasteiger partial charge in [-0.05, 0) is 44.1 Å². The molecule has 0 aromatic heterocycles. The zero-order valence-electron chi connectivity index (χ0n) is 16.3. The Morgan fingerprint density at radius 2 is 1.92 bits per heavy atom. The van der Waals surface area contributed by atoms with E-state index < -0.39 is 11.2 Å². The molecule has 1 aliphatic heterocycles. The maximum Gasteiger partial charge on any atom is 0.255 e. The van der Waals surface area contributed by atoms with Crippen molar-refractivity contribution >= 4 is 5.91 Å². The number of ether oxygens (including phenoxy) is 1. The summed E-state index contributed by atoms with van der Waals surface area (Å²) < 4.78 is 5.80. The van der Waals surface area contributed by atoms with Crippen molar-refractivity contribution in [2.75, 3.05) is 40.3 Å². The minimum absolute atomic E-state index is 0.0121. The number of benzene rings is 1. The van der Waals surface area contributed by atoms with Crippen molar-refractivity contribution in [2.45, 2.75) is 49.7 Å². The Kier molecular flexibility index (Phi) is 5.70. The van der Waals surface area contributed by atoms with Crippen molar-refractivity contribution in [2.24, 2.45) is 0 Å². The zero-order chi connectivity index (χ0) is 18.8. The molecule has 1 aromatic rings. The third kappa shape index (κ3) is 4.27. The molecule has 1 amide bonds. The molecule has 3 rings (SSSR count). The molecule has 5 nitrogen and oxygen atoms in total. The third-order valence-electron chi connectivity index (χ3n) is 5.92. The molecule has 1 saturated carbocycles. The summed E-state index contributed by atoms with van der Waals surface area (Å²) >= 11 is 0. The monoisotopic (exact) mass is 360 g/mol. The van der Waals surface area contributed by atoms with Crippen molar-refractivity contribution in [3.8, 4) is 0 Å². The van der Waals surface area contributed by atoms with Gasteiger partial charge in [-0.2, -0.15) is 0 Å². The van der Waals surface area contributed by atoms with Crippen LogP contribution in [0.4, 0.5) is 0 Å². The first-order valence-corrected chi connectivity index (χ1v) is 9.67. The standard InChI is InChI=1S/C21H32N2O3/c1-20(19(24)22(2)3)15-23(13-14-26-20)16-21(25)11-9-18(10-12-21)17-7-5-4-6-8-17/h4-8,18,25H,9-16H2,1-3H3. The van der Waals surface area contributed by atoms with E-state index in [1.807, 2.05) is 13.0 Å². The van der Waals surface area contributed by atoms with E-state index in [1.54, 1.807) is 19.0 Å². The molecule has 1 N–H and O–H groups in total. The van der Waals surface area contributed by atoms with Crippen LogP contribution in [-0.4, -0.2) is 72.4 Å². The van der Waals surface area contributed by atoms with Crippen molar-refractivity contribution < 1.29 is 14.6 Å². The molecule has 1 saturated heterocycles. The molecule has 26 heavy (non-hydrogen) atoms. The van der Waals surface area contributed by atoms with Gasteiger partial charge in [-0.25, -0.2) is 0 Å². The Bertz CT molecular complexity index is 611. The van der Waals surface area contributed by atoms with Gasteiger partial charge in [-0.3, -0.25) is 9.69 Å². The zero-order valence-corrected chi connectivity index (χ0v) is 16.3. The summed E-state index contributed by atoms with van der Waals surface area (Å²) in [4.78, 5) is 16.2. The van der Waals surface area contributed by atoms with Crippen LogP contribution >= 0.6 is 0 Å². The molecule has 1 aliphatic carbocycles. The molecule has 0 bridgehead atoms. The van der Waals surface area contributed by atoms with Gasteiger partial charge in [-0.15, -0.1) is 0 Å². The summed E-state index contributed by atoms with van der Waals surface area (Å²) in [6.07, 6.45) is 3.64. The number of aliphatic hydroxyl groups is 1. The summed E-state index contributed by atoms with van der Waals surface area (Å²) in [7, 11) is 3.52. The third-order valence-corrected chi connectivity index (χ3v) is 5.92. The van der Waals surface area contributed by atoms with Crippen LogP contribution in [0.25, 0.3) is 0 Å². The Labute approximate surface area is 156 Å². The van der Waals surface area contributed by atoms with Crippen LogP contribution in [0.1, 0.15) is 44.1 Å². The second kappa shape index (κ2) is 7.67. The van der Waals surface area contributed by atoms with Gasteiger partial charge < -0.3 is 14.7 Å². The highest BCUT2D eigenvalue weighted by molar-refractivity contribution is 5.84. The molecule has 144 valence electrons. The van der Waals surface area contributed by atoms with E-state index in [1.165, 1.54) is 5.56 Å². The van der Waals surface area contributed by atoms with Crippen LogP contribution in [0.5, 0.6) is 0 Å². The Hall–Kier alpha value is -1.43. The van der Waals surface area contributed by atoms with Gasteiger partial charge >= 0.3 is 0 Å². The largest absolute Gasteiger partial charge is 0.389 e. The van der Waals surface area contributed by atoms with E-state index in [2.05, 4.69) is 29.2 Å². The fourth-order valence-corrected chi connectivity index (χ4v) is 4.48. The number of nitrogens with zero attached hydrogens (tertiary/aromatic N) is 2. The number of carbonyl (C=O) groups excluding carboxylic acids is 1. The van der Waals surface area contributed by atoms with Crippen LogP contribution in [0.2, 0.25) is 0 Å². The van der Waals surface area contributed by atoms with Crippen molar-refractivity contribution in [3.63, 3.8) is 0 Å². The second-order valence-corrected chi connectivity index (χ2v) is 8.40. The number of hydrogen-bond donors (Lipinski definition) is 1. The molecule has 1 atom stereocenters. The first-order chi connectivity index (χ1) is 12.3. The van der Waals surface area contributed by atoms with Gasteiger partial charge in [0, 0.05) is 33.7 Å². The van der Waals surface area contributed by atoms with Gasteiger partial charge in [0.25, 0.3) is 5.91 Å². The smallest absolute Gasteiger partial charge is 0.255 e. The van der Waals surface area contributed by atoms with E-state index in [9.17, 15) is 9.90 Å². The van der Waals surface area contributed by atoms with Gasteiger partial charge in [0.2, 0.25) is 0 Å². The predicted molar refractivity (Wildman–Crippen MR) is 102 cm³/mol. The summed E-state index contributed by atoms with van der Waals surface area (Å²) in [6.45, 7) is 4.31. The summed E-state index contributed by atoms with van der Waals surface area (Å²) in [5.74, 6) is 0.531. The molecule has 1 aromatic carbocycles. The Morgan fingerprint density at radius 1 is 1.27 bits per heavy atom. The number of carbonyl (C=O) groups is 1. The van der Waals surface area contributed by atoms with Gasteiger partial charge in [-0.1, -0.05) is 30.3 Å². The Morgan fingerprint density at radius 3 is 2.54 bits per heavy atom. The van der Waals surface area contributed by atoms with Crippen LogP contribution < -0.4 is 0 Å². The molecule has 2 aliphatic rings. The number of likely N-dealkylation sites (N-methyl/N-ethyl adjacent to an activating group) is 1. The van der Waals surface area contributed by atoms with Gasteiger partial charge in [0.1, 0.15) is 0 Å². The van der Waals surface area contributed by atoms with E-state index in [0.29, 0.717) is 25.6 Å². The quantitative estimate of drug-likeness (QED) is 0.895. The normalized spacial score (nSPS) is 33.0. The highest BCUT2D eigenvalue weighted by Gasteiger charge is 2.43. The lowest BCUT2D eigenvalue weighted by atomic mass is 9.76. The summed E-state index contributed by atoms with van der Waals surface area (Å²) in [5.41, 5.74) is -0.102. The lowest BCUT2D eigenvalue weighted by Gasteiger charge is -2.45. The number of rotatable bonds is 4. The molecule has 1 unspecified atom stereocenters. The van der Waals surface area contributed by atoms with Crippen LogP contribution in [0, 0.1) is 0 Å². The summed E-state index contributed by atoms with van der Waals surface area (Å²) in [6, 6.07) is 10.6. The van der Waals surface area contributed by atoms with Crippen molar-refractivity contribution in [1.29, 1.82) is 0 Å². The van der Waals surface area contributed by atoms with E-state index >= 15 is 0 Å². The first kappa shape index (κ1) is 19.3. The van der Waals surface area contributed by atoms with Crippen molar-refractivity contribution in [3.05, 3.63) is 35.9 Å².